The van der Waals surface area contributed by atoms with Gasteiger partial charge in [-0.3, -0.25) is 20.0 Å². The zero-order valence-corrected chi connectivity index (χ0v) is 24.5. The minimum atomic E-state index is -3.33. The van der Waals surface area contributed by atoms with Gasteiger partial charge < -0.3 is 14.2 Å². The molecule has 214 valence electrons. The smallest absolute Gasteiger partial charge is 0.257 e. The SMILES string of the molecule is Cc1cccnc1-c1cc(Oc2ccc(S(C)(=O)=O)cc2)cc(C(=O)Nc2nc(CN(C)CC3OCCO3)cs2)c1. The average molecular weight is 595 g/mol. The maximum absolute atomic E-state index is 13.4. The first-order valence-electron chi connectivity index (χ1n) is 12.9. The van der Waals surface area contributed by atoms with Crippen LogP contribution in [-0.2, 0) is 25.9 Å². The van der Waals surface area contributed by atoms with E-state index in [1.165, 1.54) is 23.5 Å². The van der Waals surface area contributed by atoms with Crippen LogP contribution in [0.25, 0.3) is 11.3 Å². The standard InChI is InChI=1S/C29H30N4O6S2/c1-19-5-4-10-30-27(19)20-13-21(15-24(14-20)39-23-6-8-25(9-7-23)41(3,35)36)28(34)32-29-31-22(18-40-29)16-33(2)17-26-37-11-12-38-26/h4-10,13-15,18,26H,11-12,16-17H2,1-3H3,(H,31,32,34). The lowest BCUT2D eigenvalue weighted by molar-refractivity contribution is -0.0593. The molecule has 0 aliphatic carbocycles. The van der Waals surface area contributed by atoms with Gasteiger partial charge in [0.05, 0.1) is 29.5 Å². The minimum Gasteiger partial charge on any atom is -0.457 e. The van der Waals surface area contributed by atoms with Gasteiger partial charge in [0.25, 0.3) is 5.91 Å². The number of ether oxygens (including phenoxy) is 3. The molecule has 0 spiro atoms. The van der Waals surface area contributed by atoms with Gasteiger partial charge in [0, 0.05) is 42.0 Å². The number of nitrogens with one attached hydrogen (secondary N) is 1. The Morgan fingerprint density at radius 3 is 2.59 bits per heavy atom. The van der Waals surface area contributed by atoms with E-state index in [4.69, 9.17) is 14.2 Å². The summed E-state index contributed by atoms with van der Waals surface area (Å²) < 4.78 is 40.7. The van der Waals surface area contributed by atoms with E-state index in [0.29, 0.717) is 59.8 Å². The molecular weight excluding hydrogens is 564 g/mol. The lowest BCUT2D eigenvalue weighted by atomic mass is 10.0. The van der Waals surface area contributed by atoms with E-state index in [0.717, 1.165) is 17.5 Å². The highest BCUT2D eigenvalue weighted by atomic mass is 32.2. The number of nitrogens with zero attached hydrogens (tertiary/aromatic N) is 3. The van der Waals surface area contributed by atoms with Gasteiger partial charge >= 0.3 is 0 Å². The Kier molecular flexibility index (Phi) is 8.76. The van der Waals surface area contributed by atoms with E-state index >= 15 is 0 Å². The summed E-state index contributed by atoms with van der Waals surface area (Å²) in [7, 11) is -1.37. The van der Waals surface area contributed by atoms with E-state index in [1.54, 1.807) is 36.5 Å². The molecule has 1 saturated heterocycles. The van der Waals surface area contributed by atoms with Gasteiger partial charge in [0.1, 0.15) is 11.5 Å². The second kappa shape index (κ2) is 12.5. The summed E-state index contributed by atoms with van der Waals surface area (Å²) in [5.74, 6) is 0.489. The third-order valence-corrected chi connectivity index (χ3v) is 8.23. The van der Waals surface area contributed by atoms with Crippen molar-refractivity contribution in [2.24, 2.45) is 0 Å². The Labute approximate surface area is 242 Å². The number of carbonyl (C=O) groups excluding carboxylic acids is 1. The lowest BCUT2D eigenvalue weighted by Gasteiger charge is -2.18. The maximum Gasteiger partial charge on any atom is 0.257 e. The maximum atomic E-state index is 13.4. The van der Waals surface area contributed by atoms with Gasteiger partial charge in [0.2, 0.25) is 0 Å². The highest BCUT2D eigenvalue weighted by molar-refractivity contribution is 7.90. The number of anilines is 1. The monoisotopic (exact) mass is 594 g/mol. The Morgan fingerprint density at radius 2 is 1.88 bits per heavy atom. The number of hydrogen-bond acceptors (Lipinski definition) is 10. The molecule has 3 heterocycles. The molecule has 0 atom stereocenters. The summed E-state index contributed by atoms with van der Waals surface area (Å²) >= 11 is 1.35. The number of benzene rings is 2. The van der Waals surface area contributed by atoms with Crippen LogP contribution in [-0.4, -0.2) is 68.5 Å². The Balaban J connectivity index is 1.35. The van der Waals surface area contributed by atoms with Crippen LogP contribution in [0.3, 0.4) is 0 Å². The molecular formula is C29H30N4O6S2. The molecule has 2 aromatic carbocycles. The summed E-state index contributed by atoms with van der Waals surface area (Å²) in [6.45, 7) is 4.36. The van der Waals surface area contributed by atoms with Crippen LogP contribution in [0.4, 0.5) is 5.13 Å². The first-order chi connectivity index (χ1) is 19.6. The van der Waals surface area contributed by atoms with Crippen LogP contribution in [0.5, 0.6) is 11.5 Å². The molecule has 10 nitrogen and oxygen atoms in total. The summed E-state index contributed by atoms with van der Waals surface area (Å²) in [5, 5.41) is 5.28. The van der Waals surface area contributed by atoms with Crippen molar-refractivity contribution >= 4 is 32.2 Å². The summed E-state index contributed by atoms with van der Waals surface area (Å²) in [5.41, 5.74) is 3.55. The number of carbonyl (C=O) groups is 1. The molecule has 0 bridgehead atoms. The van der Waals surface area contributed by atoms with Crippen molar-refractivity contribution < 1.29 is 27.4 Å². The van der Waals surface area contributed by atoms with Crippen molar-refractivity contribution in [2.45, 2.75) is 24.7 Å². The molecule has 2 aromatic heterocycles. The predicted octanol–water partition coefficient (Wildman–Crippen LogP) is 4.77. The summed E-state index contributed by atoms with van der Waals surface area (Å²) in [6, 6.07) is 15.1. The van der Waals surface area contributed by atoms with E-state index < -0.39 is 9.84 Å². The molecule has 1 N–H and O–H groups in total. The number of aromatic nitrogens is 2. The van der Waals surface area contributed by atoms with Crippen LogP contribution < -0.4 is 10.1 Å². The van der Waals surface area contributed by atoms with Gasteiger partial charge in [-0.1, -0.05) is 6.07 Å². The number of hydrogen-bond donors (Lipinski definition) is 1. The van der Waals surface area contributed by atoms with Crippen molar-refractivity contribution in [3.63, 3.8) is 0 Å². The van der Waals surface area contributed by atoms with Crippen LogP contribution in [0.2, 0.25) is 0 Å². The molecule has 1 fully saturated rings. The van der Waals surface area contributed by atoms with Crippen molar-refractivity contribution in [2.75, 3.05) is 38.4 Å². The number of rotatable bonds is 10. The fraction of sp³-hybridized carbons (Fsp3) is 0.276. The quantitative estimate of drug-likeness (QED) is 0.277. The van der Waals surface area contributed by atoms with Crippen molar-refractivity contribution in [3.05, 3.63) is 83.0 Å². The lowest BCUT2D eigenvalue weighted by Crippen LogP contribution is -2.29. The average Bonchev–Trinajstić information content (AvgIpc) is 3.60. The molecule has 41 heavy (non-hydrogen) atoms. The van der Waals surface area contributed by atoms with Crippen LogP contribution in [0.1, 0.15) is 21.6 Å². The molecule has 5 rings (SSSR count). The van der Waals surface area contributed by atoms with E-state index in [-0.39, 0.29) is 17.1 Å². The molecule has 12 heteroatoms. The van der Waals surface area contributed by atoms with Crippen molar-refractivity contribution in [1.29, 1.82) is 0 Å². The summed E-state index contributed by atoms with van der Waals surface area (Å²) in [6.07, 6.45) is 2.61. The molecule has 0 saturated carbocycles. The number of amides is 1. The number of aryl methyl sites for hydroxylation is 1. The van der Waals surface area contributed by atoms with E-state index in [2.05, 4.69) is 20.2 Å². The minimum absolute atomic E-state index is 0.192. The third-order valence-electron chi connectivity index (χ3n) is 6.29. The number of pyridine rings is 1. The second-order valence-corrected chi connectivity index (χ2v) is 12.6. The first-order valence-corrected chi connectivity index (χ1v) is 15.6. The molecule has 4 aromatic rings. The molecule has 1 aliphatic heterocycles. The van der Waals surface area contributed by atoms with Gasteiger partial charge in [-0.25, -0.2) is 13.4 Å². The summed E-state index contributed by atoms with van der Waals surface area (Å²) in [4.78, 5) is 24.7. The van der Waals surface area contributed by atoms with Crippen LogP contribution in [0, 0.1) is 6.92 Å². The van der Waals surface area contributed by atoms with Gasteiger partial charge in [-0.2, -0.15) is 0 Å². The Bertz CT molecular complexity index is 1630. The Morgan fingerprint density at radius 1 is 1.12 bits per heavy atom. The fourth-order valence-electron chi connectivity index (χ4n) is 4.32. The van der Waals surface area contributed by atoms with E-state index in [9.17, 15) is 13.2 Å². The topological polar surface area (TPSA) is 120 Å². The number of thiazole rings is 1. The van der Waals surface area contributed by atoms with E-state index in [1.807, 2.05) is 31.5 Å². The zero-order chi connectivity index (χ0) is 29.0. The van der Waals surface area contributed by atoms with Gasteiger partial charge in [0.15, 0.2) is 21.3 Å². The number of sulfone groups is 1. The molecule has 0 radical (unpaired) electrons. The normalized spacial score (nSPS) is 14.0. The third kappa shape index (κ3) is 7.54. The highest BCUT2D eigenvalue weighted by Crippen LogP contribution is 2.31. The molecule has 1 amide bonds. The fourth-order valence-corrected chi connectivity index (χ4v) is 5.65. The number of likely N-dealkylation sites (N-methyl/N-ethyl adjacent to an activating group) is 1. The first kappa shape index (κ1) is 28.8. The van der Waals surface area contributed by atoms with Crippen molar-refractivity contribution in [1.82, 2.24) is 14.9 Å². The van der Waals surface area contributed by atoms with Crippen molar-refractivity contribution in [3.8, 4) is 22.8 Å². The molecule has 1 aliphatic rings. The van der Waals surface area contributed by atoms with Crippen LogP contribution >= 0.6 is 11.3 Å². The highest BCUT2D eigenvalue weighted by Gasteiger charge is 2.19. The predicted molar refractivity (Wildman–Crippen MR) is 156 cm³/mol. The van der Waals surface area contributed by atoms with Gasteiger partial charge in [-0.05, 0) is 68.1 Å². The van der Waals surface area contributed by atoms with Gasteiger partial charge in [-0.15, -0.1) is 11.3 Å². The second-order valence-electron chi connectivity index (χ2n) is 9.73. The van der Waals surface area contributed by atoms with Crippen LogP contribution in [0.15, 0.2) is 71.1 Å². The molecule has 0 unspecified atom stereocenters. The Hall–Kier alpha value is -3.68. The largest absolute Gasteiger partial charge is 0.457 e. The zero-order valence-electron chi connectivity index (χ0n) is 22.9.